The number of aromatic nitrogens is 1. The molecule has 0 radical (unpaired) electrons. The number of nitrogens with two attached hydrogens (primary N) is 1. The summed E-state index contributed by atoms with van der Waals surface area (Å²) in [5, 5.41) is 6.00. The Kier molecular flexibility index (Phi) is 5.72. The van der Waals surface area contributed by atoms with Crippen molar-refractivity contribution < 1.29 is 4.79 Å². The quantitative estimate of drug-likeness (QED) is 0.726. The van der Waals surface area contributed by atoms with Crippen LogP contribution in [0.1, 0.15) is 12.0 Å². The van der Waals surface area contributed by atoms with E-state index in [9.17, 15) is 4.79 Å². The Bertz CT molecular complexity index is 554. The molecule has 5 heteroatoms. The number of carbonyl (C=O) groups excluding carboxylic acids is 1. The average Bonchev–Trinajstić information content (AvgIpc) is 2.50. The summed E-state index contributed by atoms with van der Waals surface area (Å²) >= 11 is 0. The maximum Gasteiger partial charge on any atom is 0.226 e. The number of nitrogens with zero attached hydrogens (tertiary/aromatic N) is 1. The first-order valence-corrected chi connectivity index (χ1v) is 7.01. The summed E-state index contributed by atoms with van der Waals surface area (Å²) in [7, 11) is 0. The zero-order valence-corrected chi connectivity index (χ0v) is 11.9. The summed E-state index contributed by atoms with van der Waals surface area (Å²) in [5.41, 5.74) is 7.55. The number of hydrogen-bond acceptors (Lipinski definition) is 4. The maximum absolute atomic E-state index is 11.4. The van der Waals surface area contributed by atoms with Crippen LogP contribution in [0.25, 0.3) is 0 Å². The molecule has 4 N–H and O–H groups in total. The Labute approximate surface area is 124 Å². The minimum Gasteiger partial charge on any atom is -0.383 e. The normalized spacial score (nSPS) is 10.1. The molecular formula is C16H20N4O. The largest absolute Gasteiger partial charge is 0.383 e. The molecule has 0 aliphatic rings. The van der Waals surface area contributed by atoms with Crippen LogP contribution in [0.2, 0.25) is 0 Å². The number of nitrogens with one attached hydrogen (secondary N) is 2. The lowest BCUT2D eigenvalue weighted by molar-refractivity contribution is -0.116. The van der Waals surface area contributed by atoms with Crippen molar-refractivity contribution in [3.05, 3.63) is 54.2 Å². The van der Waals surface area contributed by atoms with Gasteiger partial charge in [-0.2, -0.15) is 0 Å². The SMILES string of the molecule is NCCC(=O)Nc1ccc(NCCc2ccccc2)cn1. The highest BCUT2D eigenvalue weighted by Crippen LogP contribution is 2.10. The number of rotatable bonds is 7. The third-order valence-electron chi connectivity index (χ3n) is 2.99. The van der Waals surface area contributed by atoms with Gasteiger partial charge >= 0.3 is 0 Å². The minimum atomic E-state index is -0.116. The van der Waals surface area contributed by atoms with Gasteiger partial charge in [0.05, 0.1) is 11.9 Å². The molecule has 0 atom stereocenters. The van der Waals surface area contributed by atoms with E-state index < -0.39 is 0 Å². The van der Waals surface area contributed by atoms with E-state index in [1.807, 2.05) is 24.3 Å². The molecule has 1 amide bonds. The van der Waals surface area contributed by atoms with Crippen molar-refractivity contribution in [1.82, 2.24) is 4.98 Å². The molecule has 0 aliphatic carbocycles. The molecule has 2 aromatic rings. The summed E-state index contributed by atoms with van der Waals surface area (Å²) in [4.78, 5) is 15.6. The Morgan fingerprint density at radius 2 is 1.95 bits per heavy atom. The van der Waals surface area contributed by atoms with Gasteiger partial charge in [-0.3, -0.25) is 4.79 Å². The number of anilines is 2. The molecule has 1 aromatic heterocycles. The van der Waals surface area contributed by atoms with E-state index in [-0.39, 0.29) is 5.91 Å². The third-order valence-corrected chi connectivity index (χ3v) is 2.99. The van der Waals surface area contributed by atoms with Gasteiger partial charge in [-0.25, -0.2) is 4.98 Å². The predicted octanol–water partition coefficient (Wildman–Crippen LogP) is 2.02. The first-order valence-electron chi connectivity index (χ1n) is 7.01. The molecule has 0 bridgehead atoms. The standard InChI is InChI=1S/C16H20N4O/c17-10-8-16(21)20-15-7-6-14(12-19-15)18-11-9-13-4-2-1-3-5-13/h1-7,12,18H,8-11,17H2,(H,19,20,21). The fourth-order valence-corrected chi connectivity index (χ4v) is 1.90. The Morgan fingerprint density at radius 3 is 2.62 bits per heavy atom. The molecule has 5 nitrogen and oxygen atoms in total. The van der Waals surface area contributed by atoms with E-state index in [0.29, 0.717) is 18.8 Å². The molecule has 0 fully saturated rings. The molecule has 1 aromatic carbocycles. The van der Waals surface area contributed by atoms with Crippen LogP contribution >= 0.6 is 0 Å². The second kappa shape index (κ2) is 8.01. The van der Waals surface area contributed by atoms with Crippen molar-refractivity contribution in [1.29, 1.82) is 0 Å². The van der Waals surface area contributed by atoms with Crippen molar-refractivity contribution in [2.75, 3.05) is 23.7 Å². The molecule has 0 spiro atoms. The summed E-state index contributed by atoms with van der Waals surface area (Å²) < 4.78 is 0. The number of pyridine rings is 1. The van der Waals surface area contributed by atoms with Gasteiger partial charge in [0.25, 0.3) is 0 Å². The first kappa shape index (κ1) is 15.0. The first-order chi connectivity index (χ1) is 10.3. The highest BCUT2D eigenvalue weighted by molar-refractivity contribution is 5.89. The van der Waals surface area contributed by atoms with Crippen molar-refractivity contribution in [2.24, 2.45) is 5.73 Å². The second-order valence-corrected chi connectivity index (χ2v) is 4.68. The van der Waals surface area contributed by atoms with Crippen LogP contribution in [0.15, 0.2) is 48.7 Å². The van der Waals surface area contributed by atoms with Crippen LogP contribution in [0, 0.1) is 0 Å². The van der Waals surface area contributed by atoms with E-state index >= 15 is 0 Å². The smallest absolute Gasteiger partial charge is 0.226 e. The fourth-order valence-electron chi connectivity index (χ4n) is 1.90. The lowest BCUT2D eigenvalue weighted by atomic mass is 10.1. The monoisotopic (exact) mass is 284 g/mol. The maximum atomic E-state index is 11.4. The number of hydrogen-bond donors (Lipinski definition) is 3. The number of amides is 1. The van der Waals surface area contributed by atoms with Crippen LogP contribution in [-0.4, -0.2) is 24.0 Å². The van der Waals surface area contributed by atoms with Gasteiger partial charge in [-0.05, 0) is 24.1 Å². The molecule has 1 heterocycles. The van der Waals surface area contributed by atoms with E-state index in [1.165, 1.54) is 5.56 Å². The van der Waals surface area contributed by atoms with Crippen LogP contribution < -0.4 is 16.4 Å². The topological polar surface area (TPSA) is 80.0 Å². The van der Waals surface area contributed by atoms with Crippen LogP contribution in [0.5, 0.6) is 0 Å². The molecular weight excluding hydrogens is 264 g/mol. The van der Waals surface area contributed by atoms with Crippen LogP contribution in [-0.2, 0) is 11.2 Å². The van der Waals surface area contributed by atoms with Crippen LogP contribution in [0.4, 0.5) is 11.5 Å². The fraction of sp³-hybridized carbons (Fsp3) is 0.250. The van der Waals surface area contributed by atoms with E-state index in [1.54, 1.807) is 12.3 Å². The summed E-state index contributed by atoms with van der Waals surface area (Å²) in [6, 6.07) is 14.0. The third kappa shape index (κ3) is 5.24. The minimum absolute atomic E-state index is 0.116. The Balaban J connectivity index is 1.78. The van der Waals surface area contributed by atoms with Crippen LogP contribution in [0.3, 0.4) is 0 Å². The van der Waals surface area contributed by atoms with Crippen molar-refractivity contribution in [3.8, 4) is 0 Å². The molecule has 0 unspecified atom stereocenters. The molecule has 0 aliphatic heterocycles. The zero-order chi connectivity index (χ0) is 14.9. The van der Waals surface area contributed by atoms with Crippen molar-refractivity contribution in [2.45, 2.75) is 12.8 Å². The van der Waals surface area contributed by atoms with Gasteiger partial charge in [0.2, 0.25) is 5.91 Å². The zero-order valence-electron chi connectivity index (χ0n) is 11.9. The van der Waals surface area contributed by atoms with E-state index in [2.05, 4.69) is 27.8 Å². The van der Waals surface area contributed by atoms with E-state index in [4.69, 9.17) is 5.73 Å². The van der Waals surface area contributed by atoms with Crippen molar-refractivity contribution >= 4 is 17.4 Å². The predicted molar refractivity (Wildman–Crippen MR) is 85.2 cm³/mol. The number of benzene rings is 1. The summed E-state index contributed by atoms with van der Waals surface area (Å²) in [5.74, 6) is 0.428. The Morgan fingerprint density at radius 1 is 1.14 bits per heavy atom. The molecule has 21 heavy (non-hydrogen) atoms. The van der Waals surface area contributed by atoms with Gasteiger partial charge in [0.15, 0.2) is 0 Å². The summed E-state index contributed by atoms with van der Waals surface area (Å²) in [6.45, 7) is 1.18. The Hall–Kier alpha value is -2.40. The second-order valence-electron chi connectivity index (χ2n) is 4.68. The molecule has 2 rings (SSSR count). The average molecular weight is 284 g/mol. The van der Waals surface area contributed by atoms with Gasteiger partial charge in [-0.15, -0.1) is 0 Å². The van der Waals surface area contributed by atoms with Gasteiger partial charge < -0.3 is 16.4 Å². The van der Waals surface area contributed by atoms with Gasteiger partial charge in [0.1, 0.15) is 5.82 Å². The lowest BCUT2D eigenvalue weighted by Gasteiger charge is -2.08. The van der Waals surface area contributed by atoms with E-state index in [0.717, 1.165) is 18.7 Å². The van der Waals surface area contributed by atoms with Crippen molar-refractivity contribution in [3.63, 3.8) is 0 Å². The highest BCUT2D eigenvalue weighted by atomic mass is 16.1. The van der Waals surface area contributed by atoms with Gasteiger partial charge in [0, 0.05) is 19.5 Å². The summed E-state index contributed by atoms with van der Waals surface area (Å²) in [6.07, 6.45) is 2.97. The van der Waals surface area contributed by atoms with Gasteiger partial charge in [-0.1, -0.05) is 30.3 Å². The molecule has 0 saturated carbocycles. The molecule has 0 saturated heterocycles. The highest BCUT2D eigenvalue weighted by Gasteiger charge is 2.01. The molecule has 110 valence electrons. The lowest BCUT2D eigenvalue weighted by Crippen LogP contribution is -2.16. The number of carbonyl (C=O) groups is 1.